The fourth-order valence-corrected chi connectivity index (χ4v) is 3.03. The van der Waals surface area contributed by atoms with Crippen molar-refractivity contribution in [2.75, 3.05) is 18.8 Å². The highest BCUT2D eigenvalue weighted by molar-refractivity contribution is 8.00. The first-order chi connectivity index (χ1) is 7.61. The SMILES string of the molecule is CC(N)CCSC(C)C(=O)N1CCCCC1. The third kappa shape index (κ3) is 4.74. The maximum Gasteiger partial charge on any atom is 0.235 e. The summed E-state index contributed by atoms with van der Waals surface area (Å²) in [7, 11) is 0. The summed E-state index contributed by atoms with van der Waals surface area (Å²) in [6.45, 7) is 5.94. The van der Waals surface area contributed by atoms with Crippen LogP contribution < -0.4 is 5.73 Å². The topological polar surface area (TPSA) is 46.3 Å². The highest BCUT2D eigenvalue weighted by Crippen LogP contribution is 2.18. The molecule has 0 aromatic heterocycles. The molecule has 0 saturated carbocycles. The van der Waals surface area contributed by atoms with Crippen molar-refractivity contribution in [1.29, 1.82) is 0 Å². The summed E-state index contributed by atoms with van der Waals surface area (Å²) in [4.78, 5) is 14.1. The van der Waals surface area contributed by atoms with E-state index in [2.05, 4.69) is 0 Å². The van der Waals surface area contributed by atoms with Gasteiger partial charge in [0, 0.05) is 19.1 Å². The van der Waals surface area contributed by atoms with E-state index in [0.29, 0.717) is 5.91 Å². The third-order valence-corrected chi connectivity index (χ3v) is 4.13. The molecule has 0 aliphatic carbocycles. The summed E-state index contributed by atoms with van der Waals surface area (Å²) >= 11 is 1.74. The van der Waals surface area contributed by atoms with Crippen LogP contribution in [0, 0.1) is 0 Å². The predicted octanol–water partition coefficient (Wildman–Crippen LogP) is 1.86. The Hall–Kier alpha value is -0.220. The normalized spacial score (nSPS) is 20.6. The van der Waals surface area contributed by atoms with Gasteiger partial charge >= 0.3 is 0 Å². The minimum atomic E-state index is 0.0943. The summed E-state index contributed by atoms with van der Waals surface area (Å²) in [5.74, 6) is 1.30. The number of likely N-dealkylation sites (tertiary alicyclic amines) is 1. The van der Waals surface area contributed by atoms with E-state index in [9.17, 15) is 4.79 Å². The smallest absolute Gasteiger partial charge is 0.235 e. The Kier molecular flexibility index (Phi) is 6.21. The molecular weight excluding hydrogens is 220 g/mol. The van der Waals surface area contributed by atoms with E-state index in [1.165, 1.54) is 19.3 Å². The maximum atomic E-state index is 12.0. The highest BCUT2D eigenvalue weighted by atomic mass is 32.2. The van der Waals surface area contributed by atoms with Crippen molar-refractivity contribution in [3.63, 3.8) is 0 Å². The first-order valence-corrected chi connectivity index (χ1v) is 7.32. The second-order valence-corrected chi connectivity index (χ2v) is 6.11. The molecule has 2 atom stereocenters. The first kappa shape index (κ1) is 13.8. The molecule has 0 spiro atoms. The summed E-state index contributed by atoms with van der Waals surface area (Å²) in [6, 6.07) is 0.241. The van der Waals surface area contributed by atoms with Crippen LogP contribution in [0.15, 0.2) is 0 Å². The first-order valence-electron chi connectivity index (χ1n) is 6.27. The Morgan fingerprint density at radius 2 is 1.94 bits per heavy atom. The van der Waals surface area contributed by atoms with Gasteiger partial charge in [0.1, 0.15) is 0 Å². The standard InChI is InChI=1S/C12H24N2OS/c1-10(13)6-9-16-11(2)12(15)14-7-4-3-5-8-14/h10-11H,3-9,13H2,1-2H3. The second-order valence-electron chi connectivity index (χ2n) is 4.66. The minimum absolute atomic E-state index is 0.0943. The van der Waals surface area contributed by atoms with E-state index < -0.39 is 0 Å². The number of hydrogen-bond donors (Lipinski definition) is 1. The van der Waals surface area contributed by atoms with Gasteiger partial charge < -0.3 is 10.6 Å². The third-order valence-electron chi connectivity index (χ3n) is 2.96. The maximum absolute atomic E-state index is 12.0. The van der Waals surface area contributed by atoms with Gasteiger partial charge in [0.2, 0.25) is 5.91 Å². The molecule has 94 valence electrons. The lowest BCUT2D eigenvalue weighted by Crippen LogP contribution is -2.40. The number of hydrogen-bond acceptors (Lipinski definition) is 3. The van der Waals surface area contributed by atoms with Gasteiger partial charge in [-0.15, -0.1) is 11.8 Å². The molecule has 1 aliphatic heterocycles. The zero-order valence-corrected chi connectivity index (χ0v) is 11.3. The zero-order valence-electron chi connectivity index (χ0n) is 10.4. The van der Waals surface area contributed by atoms with Crippen LogP contribution in [0.1, 0.15) is 39.5 Å². The number of amides is 1. The number of carbonyl (C=O) groups is 1. The quantitative estimate of drug-likeness (QED) is 0.803. The largest absolute Gasteiger partial charge is 0.342 e. The molecule has 1 amide bonds. The molecule has 0 radical (unpaired) electrons. The number of piperidine rings is 1. The molecule has 2 N–H and O–H groups in total. The van der Waals surface area contributed by atoms with Crippen LogP contribution in [-0.2, 0) is 4.79 Å². The van der Waals surface area contributed by atoms with Crippen molar-refractivity contribution in [3.05, 3.63) is 0 Å². The molecule has 1 saturated heterocycles. The van der Waals surface area contributed by atoms with Crippen LogP contribution in [-0.4, -0.2) is 40.9 Å². The van der Waals surface area contributed by atoms with Gasteiger partial charge in [-0.25, -0.2) is 0 Å². The zero-order chi connectivity index (χ0) is 12.0. The van der Waals surface area contributed by atoms with Crippen LogP contribution in [0.25, 0.3) is 0 Å². The average Bonchev–Trinajstić information content (AvgIpc) is 2.28. The van der Waals surface area contributed by atoms with Crippen LogP contribution in [0.3, 0.4) is 0 Å². The molecule has 1 heterocycles. The Morgan fingerprint density at radius 1 is 1.31 bits per heavy atom. The van der Waals surface area contributed by atoms with Gasteiger partial charge in [-0.2, -0.15) is 0 Å². The molecule has 1 rings (SSSR count). The fourth-order valence-electron chi connectivity index (χ4n) is 1.87. The molecule has 1 fully saturated rings. The van der Waals surface area contributed by atoms with Crippen molar-refractivity contribution in [1.82, 2.24) is 4.90 Å². The molecule has 4 heteroatoms. The lowest BCUT2D eigenvalue weighted by Gasteiger charge is -2.29. The highest BCUT2D eigenvalue weighted by Gasteiger charge is 2.21. The van der Waals surface area contributed by atoms with E-state index in [4.69, 9.17) is 5.73 Å². The lowest BCUT2D eigenvalue weighted by atomic mass is 10.1. The van der Waals surface area contributed by atoms with Gasteiger partial charge in [0.15, 0.2) is 0 Å². The van der Waals surface area contributed by atoms with E-state index in [-0.39, 0.29) is 11.3 Å². The van der Waals surface area contributed by atoms with Crippen molar-refractivity contribution in [2.24, 2.45) is 5.73 Å². The number of nitrogens with two attached hydrogens (primary N) is 1. The van der Waals surface area contributed by atoms with E-state index in [1.54, 1.807) is 11.8 Å². The van der Waals surface area contributed by atoms with Crippen molar-refractivity contribution >= 4 is 17.7 Å². The van der Waals surface area contributed by atoms with Gasteiger partial charge in [0.05, 0.1) is 5.25 Å². The predicted molar refractivity (Wildman–Crippen MR) is 70.6 cm³/mol. The molecule has 0 bridgehead atoms. The van der Waals surface area contributed by atoms with E-state index in [1.807, 2.05) is 18.7 Å². The monoisotopic (exact) mass is 244 g/mol. The molecule has 1 aliphatic rings. The van der Waals surface area contributed by atoms with Crippen LogP contribution in [0.4, 0.5) is 0 Å². The van der Waals surface area contributed by atoms with Crippen LogP contribution in [0.5, 0.6) is 0 Å². The van der Waals surface area contributed by atoms with Gasteiger partial charge in [-0.3, -0.25) is 4.79 Å². The summed E-state index contributed by atoms with van der Waals surface area (Å²) in [6.07, 6.45) is 4.60. The van der Waals surface area contributed by atoms with Gasteiger partial charge in [-0.05, 0) is 45.3 Å². The van der Waals surface area contributed by atoms with E-state index in [0.717, 1.165) is 25.3 Å². The number of carbonyl (C=O) groups excluding carboxylic acids is 1. The average molecular weight is 244 g/mol. The molecule has 16 heavy (non-hydrogen) atoms. The number of rotatable bonds is 5. The fraction of sp³-hybridized carbons (Fsp3) is 0.917. The van der Waals surface area contributed by atoms with Crippen LogP contribution in [0.2, 0.25) is 0 Å². The molecular formula is C12H24N2OS. The Balaban J connectivity index is 2.23. The Morgan fingerprint density at radius 3 is 2.50 bits per heavy atom. The summed E-state index contributed by atoms with van der Waals surface area (Å²) < 4.78 is 0. The Labute approximate surface area is 103 Å². The van der Waals surface area contributed by atoms with Crippen molar-refractivity contribution < 1.29 is 4.79 Å². The molecule has 3 nitrogen and oxygen atoms in total. The van der Waals surface area contributed by atoms with Gasteiger partial charge in [0.25, 0.3) is 0 Å². The van der Waals surface area contributed by atoms with Gasteiger partial charge in [-0.1, -0.05) is 0 Å². The van der Waals surface area contributed by atoms with Crippen molar-refractivity contribution in [2.45, 2.75) is 50.8 Å². The number of thioether (sulfide) groups is 1. The summed E-state index contributed by atoms with van der Waals surface area (Å²) in [5.41, 5.74) is 5.69. The minimum Gasteiger partial charge on any atom is -0.342 e. The summed E-state index contributed by atoms with van der Waals surface area (Å²) in [5, 5.41) is 0.0943. The lowest BCUT2D eigenvalue weighted by molar-refractivity contribution is -0.131. The Bertz CT molecular complexity index is 215. The molecule has 0 aromatic rings. The number of nitrogens with zero attached hydrogens (tertiary/aromatic N) is 1. The van der Waals surface area contributed by atoms with Crippen molar-refractivity contribution in [3.8, 4) is 0 Å². The molecule has 2 unspecified atom stereocenters. The van der Waals surface area contributed by atoms with E-state index >= 15 is 0 Å². The second kappa shape index (κ2) is 7.17. The molecule has 0 aromatic carbocycles. The van der Waals surface area contributed by atoms with Crippen LogP contribution >= 0.6 is 11.8 Å².